The molecule has 0 spiro atoms. The van der Waals surface area contributed by atoms with E-state index < -0.39 is 12.2 Å². The summed E-state index contributed by atoms with van der Waals surface area (Å²) >= 11 is 6.13. The van der Waals surface area contributed by atoms with E-state index in [0.717, 1.165) is 6.42 Å². The minimum absolute atomic E-state index is 0.0833. The zero-order valence-corrected chi connectivity index (χ0v) is 9.77. The highest BCUT2D eigenvalue weighted by atomic mass is 35.5. The number of alkyl halides is 1. The maximum absolute atomic E-state index is 9.72. The van der Waals surface area contributed by atoms with Gasteiger partial charge in [-0.25, -0.2) is 0 Å². The zero-order valence-electron chi connectivity index (χ0n) is 9.01. The molecule has 5 heteroatoms. The summed E-state index contributed by atoms with van der Waals surface area (Å²) < 4.78 is 0. The third-order valence-electron chi connectivity index (χ3n) is 3.38. The first-order valence-electron chi connectivity index (χ1n) is 5.44. The minimum Gasteiger partial charge on any atom is -0.393 e. The molecule has 0 aromatic rings. The summed E-state index contributed by atoms with van der Waals surface area (Å²) in [7, 11) is 0. The van der Waals surface area contributed by atoms with Crippen molar-refractivity contribution >= 4 is 11.6 Å². The molecule has 6 N–H and O–H groups in total. The molecule has 0 aromatic heterocycles. The van der Waals surface area contributed by atoms with Gasteiger partial charge in [0.2, 0.25) is 0 Å². The van der Waals surface area contributed by atoms with Crippen LogP contribution in [-0.4, -0.2) is 34.0 Å². The molecule has 90 valence electrons. The predicted octanol–water partition coefficient (Wildman–Crippen LogP) is -0.00470. The van der Waals surface area contributed by atoms with E-state index in [4.69, 9.17) is 23.1 Å². The van der Waals surface area contributed by atoms with E-state index in [0.29, 0.717) is 12.8 Å². The van der Waals surface area contributed by atoms with Crippen LogP contribution in [0.3, 0.4) is 0 Å². The Morgan fingerprint density at radius 3 is 2.47 bits per heavy atom. The Balaban J connectivity index is 2.57. The molecule has 4 nitrogen and oxygen atoms in total. The van der Waals surface area contributed by atoms with Crippen molar-refractivity contribution in [3.05, 3.63) is 0 Å². The molecule has 1 aliphatic rings. The quantitative estimate of drug-likeness (QED) is 0.410. The summed E-state index contributed by atoms with van der Waals surface area (Å²) in [5, 5.41) is 19.1. The molecule has 1 saturated carbocycles. The predicted molar refractivity (Wildman–Crippen MR) is 60.3 cm³/mol. The number of rotatable bonds is 3. The monoisotopic (exact) mass is 236 g/mol. The molecule has 0 bridgehead atoms. The molecule has 1 aliphatic carbocycles. The molecular weight excluding hydrogens is 216 g/mol. The van der Waals surface area contributed by atoms with Gasteiger partial charge in [0.05, 0.1) is 23.8 Å². The minimum atomic E-state index is -0.628. The van der Waals surface area contributed by atoms with Gasteiger partial charge < -0.3 is 21.7 Å². The smallest absolute Gasteiger partial charge is 0.0731 e. The van der Waals surface area contributed by atoms with E-state index in [9.17, 15) is 10.2 Å². The fourth-order valence-electron chi connectivity index (χ4n) is 2.26. The second-order valence-electron chi connectivity index (χ2n) is 4.58. The van der Waals surface area contributed by atoms with Crippen LogP contribution in [0.1, 0.15) is 26.2 Å². The standard InChI is InChI=1S/C10H21ClN2O2/c1-5-6(2-3-9(12)13)10(11)8(15)4-7(5)14/h5-10,14-15H,2-4,12-13H2,1H3. The van der Waals surface area contributed by atoms with Gasteiger partial charge >= 0.3 is 0 Å². The zero-order chi connectivity index (χ0) is 11.6. The Morgan fingerprint density at radius 2 is 1.93 bits per heavy atom. The van der Waals surface area contributed by atoms with E-state index in [1.165, 1.54) is 0 Å². The third kappa shape index (κ3) is 3.29. The largest absolute Gasteiger partial charge is 0.393 e. The number of halogens is 1. The summed E-state index contributed by atoms with van der Waals surface area (Å²) in [4.78, 5) is 0. The van der Waals surface area contributed by atoms with Crippen molar-refractivity contribution in [2.45, 2.75) is 49.9 Å². The number of hydrogen-bond donors (Lipinski definition) is 4. The molecule has 5 unspecified atom stereocenters. The van der Waals surface area contributed by atoms with Gasteiger partial charge in [-0.05, 0) is 24.7 Å². The average Bonchev–Trinajstić information content (AvgIpc) is 2.14. The Kier molecular flexibility index (Phi) is 4.80. The first-order valence-corrected chi connectivity index (χ1v) is 5.88. The van der Waals surface area contributed by atoms with Crippen LogP contribution in [0.25, 0.3) is 0 Å². The molecule has 0 saturated heterocycles. The lowest BCUT2D eigenvalue weighted by molar-refractivity contribution is -0.0245. The molecule has 0 radical (unpaired) electrons. The van der Waals surface area contributed by atoms with E-state index in [2.05, 4.69) is 0 Å². The summed E-state index contributed by atoms with van der Waals surface area (Å²) in [5.74, 6) is 0.176. The first-order chi connectivity index (χ1) is 6.93. The Bertz CT molecular complexity index is 190. The number of aliphatic hydroxyl groups excluding tert-OH is 2. The fourth-order valence-corrected chi connectivity index (χ4v) is 2.72. The number of aliphatic hydroxyl groups is 2. The lowest BCUT2D eigenvalue weighted by Gasteiger charge is -2.40. The average molecular weight is 237 g/mol. The summed E-state index contributed by atoms with van der Waals surface area (Å²) in [5.41, 5.74) is 11.0. The van der Waals surface area contributed by atoms with Crippen LogP contribution in [0.15, 0.2) is 0 Å². The number of hydrogen-bond acceptors (Lipinski definition) is 4. The summed E-state index contributed by atoms with van der Waals surface area (Å²) in [6.45, 7) is 1.96. The SMILES string of the molecule is CC1C(O)CC(O)C(Cl)C1CCC(N)N. The van der Waals surface area contributed by atoms with Crippen molar-refractivity contribution in [3.8, 4) is 0 Å². The lowest BCUT2D eigenvalue weighted by atomic mass is 9.74. The molecule has 0 aromatic carbocycles. The van der Waals surface area contributed by atoms with E-state index in [1.54, 1.807) is 0 Å². The van der Waals surface area contributed by atoms with Gasteiger partial charge in [0.25, 0.3) is 0 Å². The molecule has 0 heterocycles. The molecule has 1 rings (SSSR count). The van der Waals surface area contributed by atoms with Crippen molar-refractivity contribution in [3.63, 3.8) is 0 Å². The van der Waals surface area contributed by atoms with Crippen molar-refractivity contribution in [1.82, 2.24) is 0 Å². The molecule has 1 fully saturated rings. The maximum Gasteiger partial charge on any atom is 0.0731 e. The second-order valence-corrected chi connectivity index (χ2v) is 5.08. The van der Waals surface area contributed by atoms with Crippen molar-refractivity contribution in [2.24, 2.45) is 23.3 Å². The molecule has 15 heavy (non-hydrogen) atoms. The van der Waals surface area contributed by atoms with Gasteiger partial charge in [-0.3, -0.25) is 0 Å². The van der Waals surface area contributed by atoms with E-state index in [-0.39, 0.29) is 23.4 Å². The van der Waals surface area contributed by atoms with Crippen molar-refractivity contribution in [2.75, 3.05) is 0 Å². The molecule has 0 aliphatic heterocycles. The van der Waals surface area contributed by atoms with Crippen LogP contribution >= 0.6 is 11.6 Å². The maximum atomic E-state index is 9.72. The van der Waals surface area contributed by atoms with Crippen LogP contribution in [0, 0.1) is 11.8 Å². The number of nitrogens with two attached hydrogens (primary N) is 2. The van der Waals surface area contributed by atoms with E-state index >= 15 is 0 Å². The second kappa shape index (κ2) is 5.46. The van der Waals surface area contributed by atoms with Gasteiger partial charge in [-0.1, -0.05) is 6.92 Å². The van der Waals surface area contributed by atoms with Crippen LogP contribution in [0.5, 0.6) is 0 Å². The van der Waals surface area contributed by atoms with Gasteiger partial charge in [-0.2, -0.15) is 0 Å². The van der Waals surface area contributed by atoms with Gasteiger partial charge in [-0.15, -0.1) is 11.6 Å². The highest BCUT2D eigenvalue weighted by molar-refractivity contribution is 6.21. The lowest BCUT2D eigenvalue weighted by Crippen LogP contribution is -2.46. The van der Waals surface area contributed by atoms with Crippen LogP contribution < -0.4 is 11.5 Å². The van der Waals surface area contributed by atoms with Gasteiger partial charge in [0.15, 0.2) is 0 Å². The molecule has 0 amide bonds. The Hall–Kier alpha value is 0.130. The molecule has 5 atom stereocenters. The van der Waals surface area contributed by atoms with Gasteiger partial charge in [0.1, 0.15) is 0 Å². The Morgan fingerprint density at radius 1 is 1.33 bits per heavy atom. The van der Waals surface area contributed by atoms with Gasteiger partial charge in [0, 0.05) is 6.42 Å². The summed E-state index contributed by atoms with van der Waals surface area (Å²) in [6.07, 6.45) is 0.322. The summed E-state index contributed by atoms with van der Waals surface area (Å²) in [6, 6.07) is 0. The molecular formula is C10H21ClN2O2. The topological polar surface area (TPSA) is 92.5 Å². The van der Waals surface area contributed by atoms with Crippen molar-refractivity contribution in [1.29, 1.82) is 0 Å². The van der Waals surface area contributed by atoms with Crippen LogP contribution in [0.2, 0.25) is 0 Å². The third-order valence-corrected chi connectivity index (χ3v) is 3.99. The van der Waals surface area contributed by atoms with Crippen LogP contribution in [0.4, 0.5) is 0 Å². The van der Waals surface area contributed by atoms with Crippen LogP contribution in [-0.2, 0) is 0 Å². The van der Waals surface area contributed by atoms with Crippen molar-refractivity contribution < 1.29 is 10.2 Å². The fraction of sp³-hybridized carbons (Fsp3) is 1.00. The first kappa shape index (κ1) is 13.2. The normalized spacial score (nSPS) is 42.2. The Labute approximate surface area is 95.6 Å². The van der Waals surface area contributed by atoms with E-state index in [1.807, 2.05) is 6.92 Å². The highest BCUT2D eigenvalue weighted by Gasteiger charge is 2.40. The highest BCUT2D eigenvalue weighted by Crippen LogP contribution is 2.36.